The molecule has 0 saturated carbocycles. The van der Waals surface area contributed by atoms with Gasteiger partial charge in [-0.25, -0.2) is 4.68 Å². The van der Waals surface area contributed by atoms with E-state index in [1.54, 1.807) is 22.9 Å². The van der Waals surface area contributed by atoms with Crippen molar-refractivity contribution in [3.05, 3.63) is 59.4 Å². The second-order valence-electron chi connectivity index (χ2n) is 6.27. The van der Waals surface area contributed by atoms with Gasteiger partial charge in [0.25, 0.3) is 10.7 Å². The molecule has 0 atom stereocenters. The fourth-order valence-electron chi connectivity index (χ4n) is 3.13. The van der Waals surface area contributed by atoms with Crippen molar-refractivity contribution in [1.29, 1.82) is 0 Å². The van der Waals surface area contributed by atoms with Crippen molar-refractivity contribution in [3.63, 3.8) is 0 Å². The Morgan fingerprint density at radius 1 is 0.962 bits per heavy atom. The number of hydrogen-bond acceptors (Lipinski definition) is 6. The molecule has 0 spiro atoms. The lowest BCUT2D eigenvalue weighted by molar-refractivity contribution is 0.192. The highest BCUT2D eigenvalue weighted by molar-refractivity contribution is 7.71. The van der Waals surface area contributed by atoms with Gasteiger partial charge in [-0.1, -0.05) is 30.3 Å². The molecule has 4 rings (SSSR count). The molecule has 0 bridgehead atoms. The zero-order valence-corrected chi connectivity index (χ0v) is 15.1. The minimum Gasteiger partial charge on any atom is -0.507 e. The van der Waals surface area contributed by atoms with Crippen LogP contribution in [0.15, 0.2) is 59.0 Å². The van der Waals surface area contributed by atoms with Gasteiger partial charge in [0.2, 0.25) is 0 Å². The van der Waals surface area contributed by atoms with Crippen LogP contribution in [0.25, 0.3) is 11.5 Å². The van der Waals surface area contributed by atoms with Gasteiger partial charge in [-0.2, -0.15) is 0 Å². The molecule has 6 nitrogen and oxygen atoms in total. The van der Waals surface area contributed by atoms with Gasteiger partial charge in [0.05, 0.1) is 12.2 Å². The maximum Gasteiger partial charge on any atom is 0.288 e. The molecular weight excluding hydrogens is 348 g/mol. The summed E-state index contributed by atoms with van der Waals surface area (Å²) in [6.45, 7) is 4.35. The summed E-state index contributed by atoms with van der Waals surface area (Å²) in [5.74, 6) is 0.475. The van der Waals surface area contributed by atoms with E-state index in [0.717, 1.165) is 26.2 Å². The van der Waals surface area contributed by atoms with Gasteiger partial charge in [-0.05, 0) is 36.5 Å². The van der Waals surface area contributed by atoms with Crippen molar-refractivity contribution in [2.24, 2.45) is 0 Å². The Morgan fingerprint density at radius 3 is 2.38 bits per heavy atom. The van der Waals surface area contributed by atoms with E-state index in [2.05, 4.69) is 39.2 Å². The molecular formula is C19H20N4O2S. The van der Waals surface area contributed by atoms with E-state index in [4.69, 9.17) is 16.6 Å². The van der Waals surface area contributed by atoms with Crippen molar-refractivity contribution in [3.8, 4) is 17.2 Å². The van der Waals surface area contributed by atoms with Crippen LogP contribution < -0.4 is 4.90 Å². The predicted octanol–water partition coefficient (Wildman–Crippen LogP) is 3.36. The number of benzene rings is 2. The van der Waals surface area contributed by atoms with E-state index in [-0.39, 0.29) is 5.75 Å². The molecule has 1 saturated heterocycles. The highest BCUT2D eigenvalue weighted by atomic mass is 32.1. The lowest BCUT2D eigenvalue weighted by atomic mass is 10.2. The molecule has 7 heteroatoms. The number of aromatic hydroxyl groups is 1. The van der Waals surface area contributed by atoms with Gasteiger partial charge < -0.3 is 14.4 Å². The molecule has 134 valence electrons. The smallest absolute Gasteiger partial charge is 0.288 e. The van der Waals surface area contributed by atoms with Gasteiger partial charge in [-0.15, -0.1) is 5.10 Å². The van der Waals surface area contributed by atoms with Crippen molar-refractivity contribution in [1.82, 2.24) is 14.7 Å². The second-order valence-corrected chi connectivity index (χ2v) is 6.62. The molecule has 1 aliphatic rings. The van der Waals surface area contributed by atoms with Gasteiger partial charge in [0, 0.05) is 31.9 Å². The summed E-state index contributed by atoms with van der Waals surface area (Å²) >= 11 is 5.30. The molecule has 2 aromatic carbocycles. The van der Waals surface area contributed by atoms with Crippen LogP contribution in [-0.4, -0.2) is 46.0 Å². The maximum atomic E-state index is 9.96. The van der Waals surface area contributed by atoms with Crippen LogP contribution in [0.3, 0.4) is 0 Å². The molecule has 1 aliphatic heterocycles. The van der Waals surface area contributed by atoms with Crippen molar-refractivity contribution in [2.75, 3.05) is 31.1 Å². The Labute approximate surface area is 156 Å². The second kappa shape index (κ2) is 7.31. The van der Waals surface area contributed by atoms with Crippen LogP contribution in [0, 0.1) is 4.84 Å². The number of anilines is 1. The van der Waals surface area contributed by atoms with Crippen molar-refractivity contribution < 1.29 is 9.52 Å². The van der Waals surface area contributed by atoms with E-state index in [0.29, 0.717) is 23.0 Å². The molecule has 0 amide bonds. The molecule has 1 aromatic heterocycles. The number of rotatable bonds is 4. The largest absolute Gasteiger partial charge is 0.507 e. The summed E-state index contributed by atoms with van der Waals surface area (Å²) < 4.78 is 7.26. The molecule has 0 aliphatic carbocycles. The van der Waals surface area contributed by atoms with E-state index in [9.17, 15) is 5.11 Å². The average Bonchev–Trinajstić information content (AvgIpc) is 3.04. The van der Waals surface area contributed by atoms with Crippen LogP contribution in [0.4, 0.5) is 5.69 Å². The fourth-order valence-corrected chi connectivity index (χ4v) is 3.31. The van der Waals surface area contributed by atoms with Crippen molar-refractivity contribution >= 4 is 17.9 Å². The number of para-hydroxylation sites is 2. The van der Waals surface area contributed by atoms with Gasteiger partial charge in [0.15, 0.2) is 0 Å². The quantitative estimate of drug-likeness (QED) is 0.713. The van der Waals surface area contributed by atoms with Gasteiger partial charge >= 0.3 is 0 Å². The molecule has 1 fully saturated rings. The predicted molar refractivity (Wildman–Crippen MR) is 103 cm³/mol. The Balaban J connectivity index is 1.43. The van der Waals surface area contributed by atoms with Gasteiger partial charge in [-0.3, -0.25) is 4.90 Å². The first kappa shape index (κ1) is 16.8. The third-order valence-electron chi connectivity index (χ3n) is 4.57. The minimum atomic E-state index is 0.132. The van der Waals surface area contributed by atoms with Crippen LogP contribution in [-0.2, 0) is 6.67 Å². The molecule has 1 N–H and O–H groups in total. The molecule has 0 radical (unpaired) electrons. The highest BCUT2D eigenvalue weighted by Crippen LogP contribution is 2.27. The van der Waals surface area contributed by atoms with Crippen LogP contribution in [0.1, 0.15) is 0 Å². The number of piperazine rings is 1. The Hall–Kier alpha value is -2.64. The summed E-state index contributed by atoms with van der Waals surface area (Å²) in [7, 11) is 0. The summed E-state index contributed by atoms with van der Waals surface area (Å²) in [5.41, 5.74) is 1.80. The lowest BCUT2D eigenvalue weighted by Gasteiger charge is -2.35. The number of nitrogens with zero attached hydrogens (tertiary/aromatic N) is 4. The molecule has 3 aromatic rings. The number of aromatic nitrogens is 2. The van der Waals surface area contributed by atoms with Gasteiger partial charge in [0.1, 0.15) is 5.75 Å². The number of phenols is 1. The van der Waals surface area contributed by atoms with E-state index in [1.807, 2.05) is 12.1 Å². The average molecular weight is 368 g/mol. The fraction of sp³-hybridized carbons (Fsp3) is 0.263. The first-order chi connectivity index (χ1) is 12.7. The first-order valence-electron chi connectivity index (χ1n) is 8.59. The van der Waals surface area contributed by atoms with Crippen LogP contribution >= 0.6 is 12.2 Å². The number of phenolic OH excluding ortho intramolecular Hbond substituents is 1. The number of hydrogen-bond donors (Lipinski definition) is 1. The third kappa shape index (κ3) is 3.49. The summed E-state index contributed by atoms with van der Waals surface area (Å²) in [6, 6.07) is 17.4. The molecule has 0 unspecified atom stereocenters. The summed E-state index contributed by atoms with van der Waals surface area (Å²) in [4.78, 5) is 4.99. The minimum absolute atomic E-state index is 0.132. The zero-order valence-electron chi connectivity index (χ0n) is 14.3. The maximum absolute atomic E-state index is 9.96. The third-order valence-corrected chi connectivity index (χ3v) is 4.86. The normalized spacial score (nSPS) is 15.3. The summed E-state index contributed by atoms with van der Waals surface area (Å²) in [5, 5.41) is 14.4. The topological polar surface area (TPSA) is 57.7 Å². The van der Waals surface area contributed by atoms with Crippen LogP contribution in [0.5, 0.6) is 5.75 Å². The summed E-state index contributed by atoms with van der Waals surface area (Å²) in [6.07, 6.45) is 0. The monoisotopic (exact) mass is 368 g/mol. The van der Waals surface area contributed by atoms with E-state index < -0.39 is 0 Å². The molecule has 2 heterocycles. The van der Waals surface area contributed by atoms with Crippen LogP contribution in [0.2, 0.25) is 0 Å². The Morgan fingerprint density at radius 2 is 1.65 bits per heavy atom. The highest BCUT2D eigenvalue weighted by Gasteiger charge is 2.19. The first-order valence-corrected chi connectivity index (χ1v) is 9.00. The Bertz CT molecular complexity index is 930. The lowest BCUT2D eigenvalue weighted by Crippen LogP contribution is -2.46. The standard InChI is InChI=1S/C19H20N4O2S/c24-17-9-5-4-8-16(17)18-20-23(19(26)25-18)14-21-10-12-22(13-11-21)15-6-2-1-3-7-15/h1-9,24H,10-14H2. The van der Waals surface area contributed by atoms with E-state index >= 15 is 0 Å². The molecule has 26 heavy (non-hydrogen) atoms. The SMILES string of the molecule is Oc1ccccc1-c1nn(CN2CCN(c3ccccc3)CC2)c(=S)o1. The van der Waals surface area contributed by atoms with Crippen molar-refractivity contribution in [2.45, 2.75) is 6.67 Å². The zero-order chi connectivity index (χ0) is 17.9. The Kier molecular flexibility index (Phi) is 4.73. The van der Waals surface area contributed by atoms with E-state index in [1.165, 1.54) is 5.69 Å².